The lowest BCUT2D eigenvalue weighted by Gasteiger charge is -2.11. The van der Waals surface area contributed by atoms with Crippen LogP contribution in [-0.2, 0) is 6.54 Å². The second kappa shape index (κ2) is 5.97. The van der Waals surface area contributed by atoms with Gasteiger partial charge in [0.05, 0.1) is 5.69 Å². The van der Waals surface area contributed by atoms with Crippen LogP contribution in [0.25, 0.3) is 5.69 Å². The summed E-state index contributed by atoms with van der Waals surface area (Å²) in [6.07, 6.45) is 3.37. The van der Waals surface area contributed by atoms with Gasteiger partial charge in [-0.15, -0.1) is 10.2 Å². The molecule has 0 radical (unpaired) electrons. The number of hydrogen-bond donors (Lipinski definition) is 1. The van der Waals surface area contributed by atoms with Crippen LogP contribution in [0.4, 0.5) is 5.69 Å². The number of halogens is 1. The molecule has 0 aliphatic heterocycles. The molecular weight excluding hydrogens is 284 g/mol. The summed E-state index contributed by atoms with van der Waals surface area (Å²) in [6.45, 7) is 2.82. The molecule has 0 saturated carbocycles. The van der Waals surface area contributed by atoms with Crippen LogP contribution in [0.2, 0.25) is 5.02 Å². The average molecular weight is 299 g/mol. The van der Waals surface area contributed by atoms with Gasteiger partial charge >= 0.3 is 0 Å². The molecule has 0 fully saturated rings. The summed E-state index contributed by atoms with van der Waals surface area (Å²) in [6, 6.07) is 14.1. The largest absolute Gasteiger partial charge is 0.381 e. The van der Waals surface area contributed by atoms with Gasteiger partial charge in [0, 0.05) is 17.3 Å². The Hall–Kier alpha value is -2.33. The number of nitrogens with zero attached hydrogens (tertiary/aromatic N) is 3. The van der Waals surface area contributed by atoms with Crippen LogP contribution in [0.15, 0.2) is 55.1 Å². The summed E-state index contributed by atoms with van der Waals surface area (Å²) < 4.78 is 1.87. The van der Waals surface area contributed by atoms with Gasteiger partial charge < -0.3 is 5.32 Å². The zero-order valence-corrected chi connectivity index (χ0v) is 12.4. The van der Waals surface area contributed by atoms with E-state index in [9.17, 15) is 0 Å². The van der Waals surface area contributed by atoms with Gasteiger partial charge in [-0.1, -0.05) is 23.7 Å². The molecule has 1 aromatic heterocycles. The molecule has 3 rings (SSSR count). The first-order valence-corrected chi connectivity index (χ1v) is 7.04. The Morgan fingerprint density at radius 2 is 1.90 bits per heavy atom. The van der Waals surface area contributed by atoms with Crippen LogP contribution in [0.5, 0.6) is 0 Å². The highest BCUT2D eigenvalue weighted by Crippen LogP contribution is 2.18. The minimum Gasteiger partial charge on any atom is -0.381 e. The van der Waals surface area contributed by atoms with Crippen LogP contribution in [0, 0.1) is 6.92 Å². The molecule has 5 heteroatoms. The molecule has 4 nitrogen and oxygen atoms in total. The first kappa shape index (κ1) is 13.6. The highest BCUT2D eigenvalue weighted by Gasteiger charge is 2.01. The summed E-state index contributed by atoms with van der Waals surface area (Å²) in [7, 11) is 0. The molecule has 1 N–H and O–H groups in total. The summed E-state index contributed by atoms with van der Waals surface area (Å²) >= 11 is 5.98. The lowest BCUT2D eigenvalue weighted by molar-refractivity contribution is 1.05. The van der Waals surface area contributed by atoms with Crippen LogP contribution < -0.4 is 5.32 Å². The SMILES string of the molecule is Cc1cc(Cl)ccc1CNc1cccc(-n2cnnc2)c1. The lowest BCUT2D eigenvalue weighted by Crippen LogP contribution is -2.02. The highest BCUT2D eigenvalue weighted by molar-refractivity contribution is 6.30. The molecule has 1 heterocycles. The number of hydrogen-bond acceptors (Lipinski definition) is 3. The summed E-state index contributed by atoms with van der Waals surface area (Å²) in [5.74, 6) is 0. The van der Waals surface area contributed by atoms with Crippen molar-refractivity contribution in [2.75, 3.05) is 5.32 Å². The molecule has 0 spiro atoms. The number of nitrogens with one attached hydrogen (secondary N) is 1. The van der Waals surface area contributed by atoms with E-state index in [0.717, 1.165) is 22.9 Å². The predicted octanol–water partition coefficient (Wildman–Crippen LogP) is 3.84. The van der Waals surface area contributed by atoms with Crippen molar-refractivity contribution in [3.8, 4) is 5.69 Å². The molecule has 21 heavy (non-hydrogen) atoms. The Kier molecular flexibility index (Phi) is 3.88. The molecule has 3 aromatic rings. The van der Waals surface area contributed by atoms with E-state index in [2.05, 4.69) is 28.5 Å². The monoisotopic (exact) mass is 298 g/mol. The van der Waals surface area contributed by atoms with Crippen LogP contribution >= 0.6 is 11.6 Å². The van der Waals surface area contributed by atoms with Crippen LogP contribution in [0.3, 0.4) is 0 Å². The van der Waals surface area contributed by atoms with Crippen molar-refractivity contribution in [3.63, 3.8) is 0 Å². The highest BCUT2D eigenvalue weighted by atomic mass is 35.5. The number of rotatable bonds is 4. The number of anilines is 1. The fourth-order valence-electron chi connectivity index (χ4n) is 2.17. The molecule has 0 saturated heterocycles. The van der Waals surface area contributed by atoms with Gasteiger partial charge in [-0.2, -0.15) is 0 Å². The normalized spacial score (nSPS) is 10.6. The maximum absolute atomic E-state index is 5.98. The second-order valence-electron chi connectivity index (χ2n) is 4.84. The van der Waals surface area contributed by atoms with Crippen LogP contribution in [-0.4, -0.2) is 14.8 Å². The Labute approximate surface area is 128 Å². The van der Waals surface area contributed by atoms with Gasteiger partial charge in [-0.3, -0.25) is 4.57 Å². The van der Waals surface area contributed by atoms with Crippen molar-refractivity contribution in [2.24, 2.45) is 0 Å². The fraction of sp³-hybridized carbons (Fsp3) is 0.125. The van der Waals surface area contributed by atoms with Crippen molar-refractivity contribution < 1.29 is 0 Å². The van der Waals surface area contributed by atoms with E-state index in [0.29, 0.717) is 0 Å². The molecule has 0 unspecified atom stereocenters. The first-order chi connectivity index (χ1) is 10.2. The average Bonchev–Trinajstić information content (AvgIpc) is 3.01. The minimum absolute atomic E-state index is 0.759. The van der Waals surface area contributed by atoms with E-state index < -0.39 is 0 Å². The molecule has 0 bridgehead atoms. The fourth-order valence-corrected chi connectivity index (χ4v) is 2.39. The smallest absolute Gasteiger partial charge is 0.123 e. The maximum Gasteiger partial charge on any atom is 0.123 e. The Morgan fingerprint density at radius 1 is 1.10 bits per heavy atom. The zero-order valence-electron chi connectivity index (χ0n) is 11.6. The maximum atomic E-state index is 5.98. The van der Waals surface area contributed by atoms with E-state index in [-0.39, 0.29) is 0 Å². The quantitative estimate of drug-likeness (QED) is 0.796. The van der Waals surface area contributed by atoms with Crippen molar-refractivity contribution in [1.82, 2.24) is 14.8 Å². The third-order valence-corrected chi connectivity index (χ3v) is 3.59. The standard InChI is InChI=1S/C16H15ClN4/c1-12-7-14(17)6-5-13(12)9-18-15-3-2-4-16(8-15)21-10-19-20-11-21/h2-8,10-11,18H,9H2,1H3. The molecule has 2 aromatic carbocycles. The van der Waals surface area contributed by atoms with Crippen LogP contribution in [0.1, 0.15) is 11.1 Å². The topological polar surface area (TPSA) is 42.7 Å². The van der Waals surface area contributed by atoms with E-state index in [1.165, 1.54) is 11.1 Å². The Balaban J connectivity index is 1.75. The third kappa shape index (κ3) is 3.23. The minimum atomic E-state index is 0.759. The van der Waals surface area contributed by atoms with Gasteiger partial charge in [0.1, 0.15) is 12.7 Å². The Morgan fingerprint density at radius 3 is 2.67 bits per heavy atom. The van der Waals surface area contributed by atoms with Gasteiger partial charge in [0.15, 0.2) is 0 Å². The van der Waals surface area contributed by atoms with Gasteiger partial charge in [-0.25, -0.2) is 0 Å². The second-order valence-corrected chi connectivity index (χ2v) is 5.28. The van der Waals surface area contributed by atoms with E-state index >= 15 is 0 Å². The van der Waals surface area contributed by atoms with E-state index in [4.69, 9.17) is 11.6 Å². The first-order valence-electron chi connectivity index (χ1n) is 6.66. The molecule has 0 aliphatic carbocycles. The van der Waals surface area contributed by atoms with Crippen molar-refractivity contribution in [2.45, 2.75) is 13.5 Å². The number of benzene rings is 2. The van der Waals surface area contributed by atoms with Crippen molar-refractivity contribution >= 4 is 17.3 Å². The lowest BCUT2D eigenvalue weighted by atomic mass is 10.1. The van der Waals surface area contributed by atoms with Gasteiger partial charge in [0.2, 0.25) is 0 Å². The summed E-state index contributed by atoms with van der Waals surface area (Å²) in [5, 5.41) is 11.8. The van der Waals surface area contributed by atoms with Crippen molar-refractivity contribution in [1.29, 1.82) is 0 Å². The molecule has 0 aliphatic rings. The number of aryl methyl sites for hydroxylation is 1. The van der Waals surface area contributed by atoms with Gasteiger partial charge in [-0.05, 0) is 48.4 Å². The molecular formula is C16H15ClN4. The Bertz CT molecular complexity index is 738. The summed E-state index contributed by atoms with van der Waals surface area (Å²) in [4.78, 5) is 0. The van der Waals surface area contributed by atoms with E-state index in [1.54, 1.807) is 12.7 Å². The summed E-state index contributed by atoms with van der Waals surface area (Å²) in [5.41, 5.74) is 4.49. The predicted molar refractivity (Wildman–Crippen MR) is 84.9 cm³/mol. The molecule has 0 amide bonds. The van der Waals surface area contributed by atoms with E-state index in [1.807, 2.05) is 41.0 Å². The van der Waals surface area contributed by atoms with Crippen molar-refractivity contribution in [3.05, 3.63) is 71.3 Å². The van der Waals surface area contributed by atoms with Gasteiger partial charge in [0.25, 0.3) is 0 Å². The third-order valence-electron chi connectivity index (χ3n) is 3.35. The molecule has 106 valence electrons. The zero-order chi connectivity index (χ0) is 14.7. The molecule has 0 atom stereocenters. The number of aromatic nitrogens is 3.